The summed E-state index contributed by atoms with van der Waals surface area (Å²) in [5.74, 6) is 0. The van der Waals surface area contributed by atoms with Crippen LogP contribution in [0.1, 0.15) is 24.0 Å². The molecule has 5 rings (SSSR count). The van der Waals surface area contributed by atoms with Crippen LogP contribution in [0.2, 0.25) is 5.02 Å². The van der Waals surface area contributed by atoms with Crippen LogP contribution in [0.3, 0.4) is 0 Å². The van der Waals surface area contributed by atoms with Crippen LogP contribution in [-0.2, 0) is 7.05 Å². The summed E-state index contributed by atoms with van der Waals surface area (Å²) in [5, 5.41) is 15.5. The van der Waals surface area contributed by atoms with Gasteiger partial charge in [0.15, 0.2) is 5.16 Å². The standard InChI is InChI=1S/C27H25ClN6S/c1-33-14-10-30-27(33)35-25-9-7-21(16-23(25)28)32-26-20(17-29)18-31-24-15-19(6-8-22(24)26)5-4-13-34-11-2-3-12-34/h4-10,14-16,18H,2-3,11-13H2,1H3,(H,31,32). The topological polar surface area (TPSA) is 69.8 Å². The summed E-state index contributed by atoms with van der Waals surface area (Å²) in [6.45, 7) is 3.34. The zero-order valence-electron chi connectivity index (χ0n) is 19.4. The van der Waals surface area contributed by atoms with Crippen LogP contribution in [0.4, 0.5) is 11.4 Å². The van der Waals surface area contributed by atoms with Crippen molar-refractivity contribution in [3.8, 4) is 6.07 Å². The zero-order chi connectivity index (χ0) is 24.2. The van der Waals surface area contributed by atoms with E-state index < -0.39 is 0 Å². The number of fused-ring (bicyclic) bond motifs is 1. The highest BCUT2D eigenvalue weighted by atomic mass is 35.5. The number of likely N-dealkylation sites (tertiary alicyclic amines) is 1. The molecule has 2 aromatic heterocycles. The molecular formula is C27H25ClN6S. The SMILES string of the molecule is Cn1ccnc1Sc1ccc(Nc2c(C#N)cnc3cc(C=CCN4CCCC4)ccc23)cc1Cl. The number of benzene rings is 2. The molecule has 0 amide bonds. The molecule has 1 aliphatic rings. The van der Waals surface area contributed by atoms with E-state index in [0.717, 1.165) is 44.4 Å². The van der Waals surface area contributed by atoms with Gasteiger partial charge >= 0.3 is 0 Å². The number of rotatable bonds is 7. The lowest BCUT2D eigenvalue weighted by Gasteiger charge is -2.13. The van der Waals surface area contributed by atoms with Gasteiger partial charge in [-0.2, -0.15) is 5.26 Å². The first-order chi connectivity index (χ1) is 17.1. The minimum Gasteiger partial charge on any atom is -0.354 e. The van der Waals surface area contributed by atoms with Gasteiger partial charge in [0, 0.05) is 48.2 Å². The number of hydrogen-bond donors (Lipinski definition) is 1. The molecular weight excluding hydrogens is 476 g/mol. The first kappa shape index (κ1) is 23.4. The van der Waals surface area contributed by atoms with Gasteiger partial charge in [-0.3, -0.25) is 9.88 Å². The fourth-order valence-corrected chi connectivity index (χ4v) is 5.29. The van der Waals surface area contributed by atoms with Crippen LogP contribution in [-0.4, -0.2) is 39.1 Å². The molecule has 35 heavy (non-hydrogen) atoms. The maximum Gasteiger partial charge on any atom is 0.172 e. The van der Waals surface area contributed by atoms with E-state index in [0.29, 0.717) is 10.6 Å². The van der Waals surface area contributed by atoms with Crippen LogP contribution < -0.4 is 5.32 Å². The molecule has 1 saturated heterocycles. The summed E-state index contributed by atoms with van der Waals surface area (Å²) in [6.07, 6.45) is 12.2. The number of imidazole rings is 1. The molecule has 0 bridgehead atoms. The zero-order valence-corrected chi connectivity index (χ0v) is 21.0. The van der Waals surface area contributed by atoms with Crippen LogP contribution in [0, 0.1) is 11.3 Å². The Labute approximate surface area is 214 Å². The highest BCUT2D eigenvalue weighted by Crippen LogP contribution is 2.36. The summed E-state index contributed by atoms with van der Waals surface area (Å²) in [5.41, 5.74) is 3.95. The molecule has 2 aromatic carbocycles. The second kappa shape index (κ2) is 10.5. The first-order valence-electron chi connectivity index (χ1n) is 11.5. The molecule has 6 nitrogen and oxygen atoms in total. The highest BCUT2D eigenvalue weighted by molar-refractivity contribution is 7.99. The molecule has 0 aliphatic carbocycles. The number of nitrogens with zero attached hydrogens (tertiary/aromatic N) is 5. The molecule has 0 spiro atoms. The molecule has 4 aromatic rings. The highest BCUT2D eigenvalue weighted by Gasteiger charge is 2.13. The Balaban J connectivity index is 1.38. The Bertz CT molecular complexity index is 1430. The average molecular weight is 501 g/mol. The summed E-state index contributed by atoms with van der Waals surface area (Å²) < 4.78 is 1.95. The predicted molar refractivity (Wildman–Crippen MR) is 143 cm³/mol. The summed E-state index contributed by atoms with van der Waals surface area (Å²) in [4.78, 5) is 12.3. The minimum absolute atomic E-state index is 0.484. The van der Waals surface area contributed by atoms with Crippen LogP contribution >= 0.6 is 23.4 Å². The summed E-state index contributed by atoms with van der Waals surface area (Å²) >= 11 is 8.10. The Morgan fingerprint density at radius 1 is 1.17 bits per heavy atom. The Kier molecular flexibility index (Phi) is 7.05. The van der Waals surface area contributed by atoms with Crippen molar-refractivity contribution in [1.82, 2.24) is 19.4 Å². The van der Waals surface area contributed by atoms with Gasteiger partial charge in [-0.25, -0.2) is 4.98 Å². The number of aryl methyl sites for hydroxylation is 1. The number of halogens is 1. The molecule has 0 unspecified atom stereocenters. The van der Waals surface area contributed by atoms with Crippen molar-refractivity contribution in [3.05, 3.63) is 77.2 Å². The monoisotopic (exact) mass is 500 g/mol. The third-order valence-corrected chi connectivity index (χ3v) is 7.64. The smallest absolute Gasteiger partial charge is 0.172 e. The van der Waals surface area contributed by atoms with Crippen molar-refractivity contribution in [3.63, 3.8) is 0 Å². The maximum atomic E-state index is 9.71. The van der Waals surface area contributed by atoms with E-state index in [4.69, 9.17) is 11.6 Å². The van der Waals surface area contributed by atoms with E-state index in [1.165, 1.54) is 37.7 Å². The van der Waals surface area contributed by atoms with E-state index in [-0.39, 0.29) is 0 Å². The normalized spacial score (nSPS) is 14.1. The summed E-state index contributed by atoms with van der Waals surface area (Å²) in [6, 6.07) is 14.2. The van der Waals surface area contributed by atoms with Crippen molar-refractivity contribution >= 4 is 51.7 Å². The molecule has 1 N–H and O–H groups in total. The lowest BCUT2D eigenvalue weighted by molar-refractivity contribution is 0.378. The van der Waals surface area contributed by atoms with E-state index in [1.807, 2.05) is 42.1 Å². The third-order valence-electron chi connectivity index (χ3n) is 6.07. The Morgan fingerprint density at radius 2 is 2.03 bits per heavy atom. The largest absolute Gasteiger partial charge is 0.354 e. The maximum absolute atomic E-state index is 9.71. The van der Waals surface area contributed by atoms with E-state index in [1.54, 1.807) is 12.4 Å². The van der Waals surface area contributed by atoms with Gasteiger partial charge in [0.1, 0.15) is 6.07 Å². The molecule has 3 heterocycles. The van der Waals surface area contributed by atoms with Gasteiger partial charge in [0.2, 0.25) is 0 Å². The van der Waals surface area contributed by atoms with Gasteiger partial charge in [0.05, 0.1) is 21.8 Å². The molecule has 0 saturated carbocycles. The molecule has 8 heteroatoms. The van der Waals surface area contributed by atoms with Gasteiger partial charge in [-0.05, 0) is 55.8 Å². The van der Waals surface area contributed by atoms with Crippen LogP contribution in [0.5, 0.6) is 0 Å². The lowest BCUT2D eigenvalue weighted by Crippen LogP contribution is -2.18. The number of anilines is 2. The fraction of sp³-hybridized carbons (Fsp3) is 0.222. The number of pyridine rings is 1. The number of nitriles is 1. The number of aromatic nitrogens is 3. The second-order valence-corrected chi connectivity index (χ2v) is 9.95. The Hall–Kier alpha value is -3.31. The second-order valence-electron chi connectivity index (χ2n) is 8.54. The average Bonchev–Trinajstić information content (AvgIpc) is 3.53. The lowest BCUT2D eigenvalue weighted by atomic mass is 10.1. The molecule has 0 atom stereocenters. The third kappa shape index (κ3) is 5.35. The quantitative estimate of drug-likeness (QED) is 0.312. The molecule has 176 valence electrons. The van der Waals surface area contributed by atoms with E-state index >= 15 is 0 Å². The Morgan fingerprint density at radius 3 is 2.77 bits per heavy atom. The van der Waals surface area contributed by atoms with Gasteiger partial charge in [-0.1, -0.05) is 47.6 Å². The first-order valence-corrected chi connectivity index (χ1v) is 12.7. The molecule has 1 aliphatic heterocycles. The predicted octanol–water partition coefficient (Wildman–Crippen LogP) is 6.50. The number of nitrogens with one attached hydrogen (secondary N) is 1. The van der Waals surface area contributed by atoms with E-state index in [2.05, 4.69) is 50.5 Å². The van der Waals surface area contributed by atoms with Crippen LogP contribution in [0.25, 0.3) is 17.0 Å². The number of hydrogen-bond acceptors (Lipinski definition) is 6. The van der Waals surface area contributed by atoms with Gasteiger partial charge in [0.25, 0.3) is 0 Å². The molecule has 1 fully saturated rings. The van der Waals surface area contributed by atoms with Crippen LogP contribution in [0.15, 0.2) is 71.1 Å². The van der Waals surface area contributed by atoms with Crippen molar-refractivity contribution < 1.29 is 0 Å². The van der Waals surface area contributed by atoms with E-state index in [9.17, 15) is 5.26 Å². The van der Waals surface area contributed by atoms with Crippen molar-refractivity contribution in [2.45, 2.75) is 22.9 Å². The van der Waals surface area contributed by atoms with Gasteiger partial charge < -0.3 is 9.88 Å². The van der Waals surface area contributed by atoms with Crippen molar-refractivity contribution in [2.24, 2.45) is 7.05 Å². The summed E-state index contributed by atoms with van der Waals surface area (Å²) in [7, 11) is 1.95. The fourth-order valence-electron chi connectivity index (χ4n) is 4.19. The van der Waals surface area contributed by atoms with Crippen molar-refractivity contribution in [1.29, 1.82) is 5.26 Å². The van der Waals surface area contributed by atoms with Crippen molar-refractivity contribution in [2.75, 3.05) is 25.0 Å². The molecule has 0 radical (unpaired) electrons. The van der Waals surface area contributed by atoms with Gasteiger partial charge in [-0.15, -0.1) is 0 Å². The minimum atomic E-state index is 0.484.